The highest BCUT2D eigenvalue weighted by atomic mass is 32.1. The van der Waals surface area contributed by atoms with Gasteiger partial charge >= 0.3 is 0 Å². The molecule has 0 aliphatic heterocycles. The zero-order valence-electron chi connectivity index (χ0n) is 10.9. The third-order valence-electron chi connectivity index (χ3n) is 2.70. The molecule has 0 unspecified atom stereocenters. The maximum Gasteiger partial charge on any atom is 0.130 e. The Labute approximate surface area is 115 Å². The van der Waals surface area contributed by atoms with Crippen molar-refractivity contribution in [3.63, 3.8) is 0 Å². The van der Waals surface area contributed by atoms with Crippen LogP contribution in [0.25, 0.3) is 0 Å². The zero-order chi connectivity index (χ0) is 13.8. The first-order valence-electron chi connectivity index (χ1n) is 6.15. The van der Waals surface area contributed by atoms with Crippen LogP contribution in [-0.4, -0.2) is 4.98 Å². The minimum absolute atomic E-state index is 0.362. The zero-order valence-corrected chi connectivity index (χ0v) is 11.7. The average molecular weight is 282 g/mol. The van der Waals surface area contributed by atoms with E-state index in [0.717, 1.165) is 16.8 Å². The molecule has 0 aliphatic rings. The highest BCUT2D eigenvalue weighted by Gasteiger charge is 2.06. The van der Waals surface area contributed by atoms with Gasteiger partial charge in [-0.2, -0.15) is 0 Å². The van der Waals surface area contributed by atoms with Crippen LogP contribution >= 0.6 is 11.3 Å². The number of rotatable bonds is 5. The van der Waals surface area contributed by atoms with Crippen molar-refractivity contribution in [1.29, 1.82) is 0 Å². The van der Waals surface area contributed by atoms with Crippen LogP contribution in [-0.2, 0) is 13.1 Å². The molecule has 2 aromatic rings. The lowest BCUT2D eigenvalue weighted by Crippen LogP contribution is -2.14. The van der Waals surface area contributed by atoms with Gasteiger partial charge in [-0.25, -0.2) is 13.8 Å². The van der Waals surface area contributed by atoms with Gasteiger partial charge in [-0.15, -0.1) is 11.3 Å². The molecule has 2 rings (SSSR count). The van der Waals surface area contributed by atoms with Crippen LogP contribution < -0.4 is 5.32 Å². The van der Waals surface area contributed by atoms with E-state index in [1.807, 2.05) is 5.38 Å². The number of hydrogen-bond acceptors (Lipinski definition) is 3. The topological polar surface area (TPSA) is 24.9 Å². The molecule has 0 amide bonds. The van der Waals surface area contributed by atoms with Gasteiger partial charge in [-0.3, -0.25) is 0 Å². The second-order valence-electron chi connectivity index (χ2n) is 4.67. The van der Waals surface area contributed by atoms with Crippen molar-refractivity contribution in [3.8, 4) is 0 Å². The van der Waals surface area contributed by atoms with Crippen LogP contribution in [0, 0.1) is 11.6 Å². The molecule has 1 heterocycles. The molecule has 0 fully saturated rings. The molecule has 0 radical (unpaired) electrons. The fourth-order valence-electron chi connectivity index (χ4n) is 1.66. The average Bonchev–Trinajstić information content (AvgIpc) is 2.81. The number of nitrogens with zero attached hydrogens (tertiary/aromatic N) is 1. The standard InChI is InChI=1S/C14H16F2N2S/c1-9(2)14-18-12(8-19-14)7-17-6-10-3-4-11(15)5-13(10)16/h3-5,8-9,17H,6-7H2,1-2H3. The smallest absolute Gasteiger partial charge is 0.130 e. The van der Waals surface area contributed by atoms with Gasteiger partial charge in [0.2, 0.25) is 0 Å². The van der Waals surface area contributed by atoms with E-state index in [1.165, 1.54) is 12.1 Å². The third-order valence-corrected chi connectivity index (χ3v) is 3.89. The third kappa shape index (κ3) is 3.81. The normalized spacial score (nSPS) is 11.2. The summed E-state index contributed by atoms with van der Waals surface area (Å²) in [6.07, 6.45) is 0. The van der Waals surface area contributed by atoms with Gasteiger partial charge in [0.15, 0.2) is 0 Å². The van der Waals surface area contributed by atoms with Crippen LogP contribution in [0.15, 0.2) is 23.6 Å². The lowest BCUT2D eigenvalue weighted by atomic mass is 10.2. The highest BCUT2D eigenvalue weighted by Crippen LogP contribution is 2.19. The van der Waals surface area contributed by atoms with Gasteiger partial charge in [0.1, 0.15) is 11.6 Å². The Hall–Kier alpha value is -1.33. The van der Waals surface area contributed by atoms with E-state index >= 15 is 0 Å². The van der Waals surface area contributed by atoms with Crippen molar-refractivity contribution in [2.24, 2.45) is 0 Å². The minimum Gasteiger partial charge on any atom is -0.307 e. The Kier molecular flexibility index (Phi) is 4.61. The van der Waals surface area contributed by atoms with Gasteiger partial charge in [0.05, 0.1) is 10.7 Å². The van der Waals surface area contributed by atoms with Gasteiger partial charge in [0, 0.05) is 36.0 Å². The van der Waals surface area contributed by atoms with E-state index in [-0.39, 0.29) is 0 Å². The Morgan fingerprint density at radius 3 is 2.68 bits per heavy atom. The molecule has 102 valence electrons. The molecular formula is C14H16F2N2S. The number of thiazole rings is 1. The van der Waals surface area contributed by atoms with Crippen molar-refractivity contribution in [1.82, 2.24) is 10.3 Å². The fourth-order valence-corrected chi connectivity index (χ4v) is 2.49. The molecule has 5 heteroatoms. The highest BCUT2D eigenvalue weighted by molar-refractivity contribution is 7.09. The van der Waals surface area contributed by atoms with Crippen molar-refractivity contribution >= 4 is 11.3 Å². The summed E-state index contributed by atoms with van der Waals surface area (Å²) < 4.78 is 26.1. The molecule has 2 nitrogen and oxygen atoms in total. The monoisotopic (exact) mass is 282 g/mol. The number of aromatic nitrogens is 1. The molecule has 0 bridgehead atoms. The maximum absolute atomic E-state index is 13.4. The maximum atomic E-state index is 13.4. The van der Waals surface area contributed by atoms with E-state index in [9.17, 15) is 8.78 Å². The van der Waals surface area contributed by atoms with Crippen molar-refractivity contribution in [2.45, 2.75) is 32.9 Å². The van der Waals surface area contributed by atoms with E-state index in [1.54, 1.807) is 11.3 Å². The van der Waals surface area contributed by atoms with E-state index < -0.39 is 11.6 Å². The minimum atomic E-state index is -0.553. The molecule has 0 saturated heterocycles. The number of halogens is 2. The van der Waals surface area contributed by atoms with Crippen molar-refractivity contribution in [3.05, 3.63) is 51.5 Å². The van der Waals surface area contributed by atoms with Gasteiger partial charge in [-0.1, -0.05) is 19.9 Å². The first kappa shape index (κ1) is 14.1. The largest absolute Gasteiger partial charge is 0.307 e. The second-order valence-corrected chi connectivity index (χ2v) is 5.56. The molecule has 1 aromatic heterocycles. The molecule has 0 spiro atoms. The summed E-state index contributed by atoms with van der Waals surface area (Å²) in [6.45, 7) is 5.15. The second kappa shape index (κ2) is 6.21. The molecule has 1 aromatic carbocycles. The summed E-state index contributed by atoms with van der Waals surface area (Å²) in [5, 5.41) is 6.22. The lowest BCUT2D eigenvalue weighted by Gasteiger charge is -2.04. The summed E-state index contributed by atoms with van der Waals surface area (Å²) in [5.74, 6) is -0.649. The SMILES string of the molecule is CC(C)c1nc(CNCc2ccc(F)cc2F)cs1. The Balaban J connectivity index is 1.89. The fraction of sp³-hybridized carbons (Fsp3) is 0.357. The molecule has 0 aliphatic carbocycles. The lowest BCUT2D eigenvalue weighted by molar-refractivity contribution is 0.559. The molecule has 1 N–H and O–H groups in total. The van der Waals surface area contributed by atoms with Crippen molar-refractivity contribution < 1.29 is 8.78 Å². The molecule has 0 atom stereocenters. The first-order valence-corrected chi connectivity index (χ1v) is 7.03. The van der Waals surface area contributed by atoms with Crippen LogP contribution in [0.5, 0.6) is 0 Å². The van der Waals surface area contributed by atoms with Gasteiger partial charge in [0.25, 0.3) is 0 Å². The predicted molar refractivity (Wildman–Crippen MR) is 73.1 cm³/mol. The Morgan fingerprint density at radius 1 is 1.26 bits per heavy atom. The van der Waals surface area contributed by atoms with Crippen LogP contribution in [0.1, 0.15) is 36.0 Å². The number of hydrogen-bond donors (Lipinski definition) is 1. The Bertz CT molecular complexity index is 552. The van der Waals surface area contributed by atoms with Crippen molar-refractivity contribution in [2.75, 3.05) is 0 Å². The van der Waals surface area contributed by atoms with Gasteiger partial charge in [-0.05, 0) is 6.07 Å². The number of nitrogens with one attached hydrogen (secondary N) is 1. The van der Waals surface area contributed by atoms with E-state index in [2.05, 4.69) is 24.1 Å². The molecular weight excluding hydrogens is 266 g/mol. The summed E-state index contributed by atoms with van der Waals surface area (Å²) >= 11 is 1.63. The molecule has 19 heavy (non-hydrogen) atoms. The molecule has 0 saturated carbocycles. The first-order chi connectivity index (χ1) is 9.06. The summed E-state index contributed by atoms with van der Waals surface area (Å²) in [7, 11) is 0. The van der Waals surface area contributed by atoms with Crippen LogP contribution in [0.2, 0.25) is 0 Å². The van der Waals surface area contributed by atoms with E-state index in [0.29, 0.717) is 24.6 Å². The van der Waals surface area contributed by atoms with E-state index in [4.69, 9.17) is 0 Å². The summed E-state index contributed by atoms with van der Waals surface area (Å²) in [4.78, 5) is 4.48. The Morgan fingerprint density at radius 2 is 2.05 bits per heavy atom. The number of benzene rings is 1. The van der Waals surface area contributed by atoms with Gasteiger partial charge < -0.3 is 5.32 Å². The predicted octanol–water partition coefficient (Wildman–Crippen LogP) is 3.83. The van der Waals surface area contributed by atoms with Crippen LogP contribution in [0.3, 0.4) is 0 Å². The quantitative estimate of drug-likeness (QED) is 0.901. The van der Waals surface area contributed by atoms with Crippen LogP contribution in [0.4, 0.5) is 8.78 Å². The summed E-state index contributed by atoms with van der Waals surface area (Å²) in [6, 6.07) is 3.62. The summed E-state index contributed by atoms with van der Waals surface area (Å²) in [5.41, 5.74) is 1.41.